The molecule has 0 spiro atoms. The molecule has 0 radical (unpaired) electrons. The van der Waals surface area contributed by atoms with Crippen molar-refractivity contribution < 1.29 is 9.90 Å². The van der Waals surface area contributed by atoms with Crippen molar-refractivity contribution in [2.24, 2.45) is 0 Å². The number of hydrogen-bond donors (Lipinski definition) is 2. The molecule has 0 heterocycles. The van der Waals surface area contributed by atoms with Gasteiger partial charge in [0.15, 0.2) is 0 Å². The van der Waals surface area contributed by atoms with Gasteiger partial charge in [0.2, 0.25) is 5.91 Å². The largest absolute Gasteiger partial charge is 0.395 e. The molecule has 0 aliphatic rings. The lowest BCUT2D eigenvalue weighted by Gasteiger charge is -2.20. The molecule has 0 fully saturated rings. The topological polar surface area (TPSA) is 76.4 Å². The predicted octanol–water partition coefficient (Wildman–Crippen LogP) is -0.281. The van der Waals surface area contributed by atoms with Gasteiger partial charge in [-0.25, -0.2) is 0 Å². The van der Waals surface area contributed by atoms with E-state index >= 15 is 0 Å². The quantitative estimate of drug-likeness (QED) is 0.610. The molecule has 0 aliphatic heterocycles. The molecule has 15 heavy (non-hydrogen) atoms. The maximum absolute atomic E-state index is 11.6. The minimum Gasteiger partial charge on any atom is -0.395 e. The van der Waals surface area contributed by atoms with Gasteiger partial charge in [0.05, 0.1) is 19.1 Å². The zero-order chi connectivity index (χ0) is 11.7. The van der Waals surface area contributed by atoms with Crippen molar-refractivity contribution in [1.29, 1.82) is 5.26 Å². The minimum atomic E-state index is -0.509. The zero-order valence-corrected chi connectivity index (χ0v) is 9.36. The van der Waals surface area contributed by atoms with Crippen LogP contribution in [0.2, 0.25) is 0 Å². The first-order chi connectivity index (χ1) is 7.19. The fourth-order valence-corrected chi connectivity index (χ4v) is 1.28. The Balaban J connectivity index is 4.06. The second kappa shape index (κ2) is 8.21. The Morgan fingerprint density at radius 3 is 2.53 bits per heavy atom. The van der Waals surface area contributed by atoms with Crippen molar-refractivity contribution >= 4 is 5.91 Å². The van der Waals surface area contributed by atoms with Gasteiger partial charge in [0.25, 0.3) is 0 Å². The number of hydrogen-bond acceptors (Lipinski definition) is 4. The standard InChI is InChI=1S/C10H19N3O2/c1-3-13(4-2)10(15)7-9(8-11)12-5-6-14/h9,12,14H,3-7H2,1-2H3. The third kappa shape index (κ3) is 5.35. The van der Waals surface area contributed by atoms with Gasteiger partial charge in [-0.3, -0.25) is 10.1 Å². The van der Waals surface area contributed by atoms with Crippen LogP contribution in [0.5, 0.6) is 0 Å². The molecular weight excluding hydrogens is 194 g/mol. The van der Waals surface area contributed by atoms with E-state index in [9.17, 15) is 4.79 Å². The highest BCUT2D eigenvalue weighted by atomic mass is 16.3. The van der Waals surface area contributed by atoms with Crippen LogP contribution in [0.25, 0.3) is 0 Å². The van der Waals surface area contributed by atoms with E-state index in [1.165, 1.54) is 0 Å². The summed E-state index contributed by atoms with van der Waals surface area (Å²) >= 11 is 0. The number of aliphatic hydroxyl groups excluding tert-OH is 1. The number of carbonyl (C=O) groups is 1. The molecule has 1 atom stereocenters. The van der Waals surface area contributed by atoms with E-state index in [1.54, 1.807) is 4.90 Å². The first-order valence-electron chi connectivity index (χ1n) is 5.21. The third-order valence-electron chi connectivity index (χ3n) is 2.15. The molecule has 2 N–H and O–H groups in total. The summed E-state index contributed by atoms with van der Waals surface area (Å²) in [6.07, 6.45) is 0.165. The van der Waals surface area contributed by atoms with Gasteiger partial charge in [0, 0.05) is 19.6 Å². The molecule has 0 aromatic heterocycles. The lowest BCUT2D eigenvalue weighted by Crippen LogP contribution is -2.38. The summed E-state index contributed by atoms with van der Waals surface area (Å²) in [5, 5.41) is 20.1. The van der Waals surface area contributed by atoms with Gasteiger partial charge in [-0.15, -0.1) is 0 Å². The molecular formula is C10H19N3O2. The number of aliphatic hydroxyl groups is 1. The average Bonchev–Trinajstić information content (AvgIpc) is 2.25. The number of rotatable bonds is 7. The van der Waals surface area contributed by atoms with Gasteiger partial charge in [-0.05, 0) is 13.8 Å². The molecule has 1 unspecified atom stereocenters. The molecule has 0 saturated carbocycles. The number of nitriles is 1. The van der Waals surface area contributed by atoms with E-state index in [2.05, 4.69) is 5.32 Å². The van der Waals surface area contributed by atoms with Gasteiger partial charge in [-0.1, -0.05) is 0 Å². The molecule has 0 saturated heterocycles. The Morgan fingerprint density at radius 2 is 2.13 bits per heavy atom. The third-order valence-corrected chi connectivity index (χ3v) is 2.15. The number of carbonyl (C=O) groups excluding carboxylic acids is 1. The smallest absolute Gasteiger partial charge is 0.225 e. The van der Waals surface area contributed by atoms with Gasteiger partial charge < -0.3 is 10.0 Å². The maximum atomic E-state index is 11.6. The highest BCUT2D eigenvalue weighted by Crippen LogP contribution is 1.98. The summed E-state index contributed by atoms with van der Waals surface area (Å²) in [6.45, 7) is 5.44. The van der Waals surface area contributed by atoms with Crippen LogP contribution in [0.4, 0.5) is 0 Å². The Hall–Kier alpha value is -1.12. The van der Waals surface area contributed by atoms with Gasteiger partial charge >= 0.3 is 0 Å². The van der Waals surface area contributed by atoms with E-state index in [4.69, 9.17) is 10.4 Å². The molecule has 0 aromatic carbocycles. The molecule has 0 bridgehead atoms. The summed E-state index contributed by atoms with van der Waals surface area (Å²) in [5.41, 5.74) is 0. The van der Waals surface area contributed by atoms with Crippen molar-refractivity contribution in [3.8, 4) is 6.07 Å². The Labute approximate surface area is 90.7 Å². The SMILES string of the molecule is CCN(CC)C(=O)CC(C#N)NCCO. The average molecular weight is 213 g/mol. The highest BCUT2D eigenvalue weighted by molar-refractivity contribution is 5.77. The first-order valence-corrected chi connectivity index (χ1v) is 5.21. The van der Waals surface area contributed by atoms with Crippen LogP contribution in [0.15, 0.2) is 0 Å². The van der Waals surface area contributed by atoms with Crippen LogP contribution in [0, 0.1) is 11.3 Å². The van der Waals surface area contributed by atoms with Gasteiger partial charge in [0.1, 0.15) is 6.04 Å². The van der Waals surface area contributed by atoms with Crippen LogP contribution in [-0.4, -0.2) is 48.2 Å². The summed E-state index contributed by atoms with van der Waals surface area (Å²) in [7, 11) is 0. The Morgan fingerprint density at radius 1 is 1.53 bits per heavy atom. The van der Waals surface area contributed by atoms with E-state index in [0.29, 0.717) is 19.6 Å². The fourth-order valence-electron chi connectivity index (χ4n) is 1.28. The molecule has 1 amide bonds. The first kappa shape index (κ1) is 13.9. The predicted molar refractivity (Wildman–Crippen MR) is 57.0 cm³/mol. The normalized spacial score (nSPS) is 11.9. The second-order valence-corrected chi connectivity index (χ2v) is 3.13. The van der Waals surface area contributed by atoms with Crippen LogP contribution < -0.4 is 5.32 Å². The monoisotopic (exact) mass is 213 g/mol. The van der Waals surface area contributed by atoms with Crippen molar-refractivity contribution in [3.63, 3.8) is 0 Å². The summed E-state index contributed by atoms with van der Waals surface area (Å²) in [6, 6.07) is 1.49. The van der Waals surface area contributed by atoms with Gasteiger partial charge in [-0.2, -0.15) is 5.26 Å². The molecule has 86 valence electrons. The summed E-state index contributed by atoms with van der Waals surface area (Å²) in [4.78, 5) is 13.3. The number of nitrogens with zero attached hydrogens (tertiary/aromatic N) is 2. The zero-order valence-electron chi connectivity index (χ0n) is 9.36. The van der Waals surface area contributed by atoms with E-state index in [0.717, 1.165) is 0 Å². The molecule has 5 nitrogen and oxygen atoms in total. The fraction of sp³-hybridized carbons (Fsp3) is 0.800. The molecule has 0 aliphatic carbocycles. The van der Waals surface area contributed by atoms with Crippen LogP contribution in [-0.2, 0) is 4.79 Å². The number of nitrogens with one attached hydrogen (secondary N) is 1. The van der Waals surface area contributed by atoms with Crippen molar-refractivity contribution in [1.82, 2.24) is 10.2 Å². The summed E-state index contributed by atoms with van der Waals surface area (Å²) in [5.74, 6) is -0.0306. The van der Waals surface area contributed by atoms with Crippen molar-refractivity contribution in [2.75, 3.05) is 26.2 Å². The molecule has 0 aromatic rings. The number of amides is 1. The second-order valence-electron chi connectivity index (χ2n) is 3.13. The van der Waals surface area contributed by atoms with Crippen LogP contribution in [0.1, 0.15) is 20.3 Å². The van der Waals surface area contributed by atoms with Crippen LogP contribution >= 0.6 is 0 Å². The molecule has 5 heteroatoms. The highest BCUT2D eigenvalue weighted by Gasteiger charge is 2.16. The molecule has 0 rings (SSSR count). The lowest BCUT2D eigenvalue weighted by molar-refractivity contribution is -0.131. The van der Waals surface area contributed by atoms with Crippen molar-refractivity contribution in [3.05, 3.63) is 0 Å². The van der Waals surface area contributed by atoms with E-state index in [-0.39, 0.29) is 18.9 Å². The minimum absolute atomic E-state index is 0.0301. The maximum Gasteiger partial charge on any atom is 0.225 e. The van der Waals surface area contributed by atoms with Crippen molar-refractivity contribution in [2.45, 2.75) is 26.3 Å². The van der Waals surface area contributed by atoms with E-state index < -0.39 is 6.04 Å². The van der Waals surface area contributed by atoms with Crippen LogP contribution in [0.3, 0.4) is 0 Å². The Bertz CT molecular complexity index is 221. The Kier molecular flexibility index (Phi) is 7.60. The summed E-state index contributed by atoms with van der Waals surface area (Å²) < 4.78 is 0. The van der Waals surface area contributed by atoms with E-state index in [1.807, 2.05) is 19.9 Å². The lowest BCUT2D eigenvalue weighted by atomic mass is 10.2.